The van der Waals surface area contributed by atoms with Gasteiger partial charge in [-0.3, -0.25) is 24.6 Å². The van der Waals surface area contributed by atoms with Crippen LogP contribution in [0.5, 0.6) is 0 Å². The number of rotatable bonds is 29. The largest absolute Gasteiger partial charge is 0.392 e. The first-order valence-electron chi connectivity index (χ1n) is 19.6. The number of aliphatic hydroxyl groups excluding tert-OH is 1. The maximum atomic E-state index is 13.4. The number of alkyl halides is 1. The first-order chi connectivity index (χ1) is 27.0. The molecule has 2 aromatic rings. The summed E-state index contributed by atoms with van der Waals surface area (Å²) in [6.07, 6.45) is 3.89. The van der Waals surface area contributed by atoms with E-state index in [-0.39, 0.29) is 26.2 Å². The molecule has 0 aliphatic carbocycles. The second kappa shape index (κ2) is 27.2. The van der Waals surface area contributed by atoms with Crippen molar-refractivity contribution in [3.63, 3.8) is 0 Å². The molecule has 1 fully saturated rings. The lowest BCUT2D eigenvalue weighted by molar-refractivity contribution is -0.139. The third kappa shape index (κ3) is 18.8. The Hall–Kier alpha value is -2.57. The topological polar surface area (TPSA) is 167 Å². The molecule has 0 saturated carbocycles. The van der Waals surface area contributed by atoms with Crippen LogP contribution >= 0.6 is 22.9 Å². The fourth-order valence-electron chi connectivity index (χ4n) is 5.97. The van der Waals surface area contributed by atoms with Crippen LogP contribution in [0.15, 0.2) is 29.8 Å². The van der Waals surface area contributed by atoms with Gasteiger partial charge in [-0.15, -0.1) is 22.9 Å². The van der Waals surface area contributed by atoms with Crippen molar-refractivity contribution in [2.45, 2.75) is 84.5 Å². The average Bonchev–Trinajstić information content (AvgIpc) is 3.76. The number of aryl methyl sites for hydroxylation is 1. The number of imide groups is 1. The highest BCUT2D eigenvalue weighted by Crippen LogP contribution is 2.28. The third-order valence-electron chi connectivity index (χ3n) is 8.98. The van der Waals surface area contributed by atoms with Crippen LogP contribution in [0.2, 0.25) is 0 Å². The number of β-amino-alcohol motifs (C(OH)–C–C–N with tert-alkyl or cyclic N) is 1. The second-order valence-corrected chi connectivity index (χ2v) is 16.0. The Morgan fingerprint density at radius 3 is 1.95 bits per heavy atom. The van der Waals surface area contributed by atoms with Crippen LogP contribution in [0.4, 0.5) is 0 Å². The van der Waals surface area contributed by atoms with Crippen molar-refractivity contribution in [2.24, 2.45) is 5.41 Å². The molecule has 0 bridgehead atoms. The summed E-state index contributed by atoms with van der Waals surface area (Å²) in [6.45, 7) is 12.8. The van der Waals surface area contributed by atoms with Crippen molar-refractivity contribution in [2.75, 3.05) is 91.7 Å². The number of carbonyl (C=O) groups is 3. The molecule has 1 saturated heterocycles. The van der Waals surface area contributed by atoms with Crippen molar-refractivity contribution in [1.29, 1.82) is 0 Å². The highest BCUT2D eigenvalue weighted by molar-refractivity contribution is 7.13. The molecule has 3 rings (SSSR count). The standard InChI is InChI=1S/C40H63ClN4O10S/c1-30-36(56-29-42-30)32-11-9-31(10-12-32)26-45-27-33(46)25-34(45)38(48)44-39(49)37(40(2,3)4)43-35(47)28-55-24-23-54-22-21-53-20-19-52-18-17-51-16-15-50-14-8-6-5-7-13-41/h9-12,29,33-34,37,46H,5-8,13-28H2,1-4H3,(H,43,47)(H,44,48,49)/t33-,34+,37-/m1/s1. The Kier molecular flexibility index (Phi) is 23.2. The van der Waals surface area contributed by atoms with Gasteiger partial charge in [0, 0.05) is 25.6 Å². The van der Waals surface area contributed by atoms with Crippen LogP contribution in [0, 0.1) is 12.3 Å². The lowest BCUT2D eigenvalue weighted by Gasteiger charge is -2.31. The maximum absolute atomic E-state index is 13.4. The number of ether oxygens (including phenoxy) is 6. The van der Waals surface area contributed by atoms with Gasteiger partial charge in [-0.05, 0) is 42.7 Å². The summed E-state index contributed by atoms with van der Waals surface area (Å²) in [7, 11) is 0. The zero-order chi connectivity index (χ0) is 40.6. The van der Waals surface area contributed by atoms with Crippen molar-refractivity contribution < 1.29 is 47.9 Å². The number of unbranched alkanes of at least 4 members (excludes halogenated alkanes) is 3. The zero-order valence-electron chi connectivity index (χ0n) is 33.6. The average molecular weight is 827 g/mol. The van der Waals surface area contributed by atoms with Gasteiger partial charge in [0.2, 0.25) is 17.7 Å². The molecule has 1 aromatic heterocycles. The molecular formula is C40H63ClN4O10S. The summed E-state index contributed by atoms with van der Waals surface area (Å²) >= 11 is 7.25. The summed E-state index contributed by atoms with van der Waals surface area (Å²) in [5.41, 5.74) is 4.14. The molecule has 3 amide bonds. The number of aliphatic hydroxyl groups is 1. The highest BCUT2D eigenvalue weighted by Gasteiger charge is 2.39. The minimum absolute atomic E-state index is 0.175. The van der Waals surface area contributed by atoms with Gasteiger partial charge in [0.1, 0.15) is 12.6 Å². The molecule has 3 N–H and O–H groups in total. The van der Waals surface area contributed by atoms with Crippen molar-refractivity contribution >= 4 is 40.7 Å². The molecule has 16 heteroatoms. The van der Waals surface area contributed by atoms with Crippen molar-refractivity contribution in [3.05, 3.63) is 41.0 Å². The lowest BCUT2D eigenvalue weighted by Crippen LogP contribution is -2.57. The molecule has 0 spiro atoms. The van der Waals surface area contributed by atoms with E-state index < -0.39 is 41.3 Å². The predicted octanol–water partition coefficient (Wildman–Crippen LogP) is 4.13. The predicted molar refractivity (Wildman–Crippen MR) is 216 cm³/mol. The van der Waals surface area contributed by atoms with Gasteiger partial charge in [0.25, 0.3) is 0 Å². The quantitative estimate of drug-likeness (QED) is 0.0795. The first kappa shape index (κ1) is 47.8. The number of nitrogens with zero attached hydrogens (tertiary/aromatic N) is 2. The number of hydrogen-bond acceptors (Lipinski definition) is 13. The molecule has 14 nitrogen and oxygen atoms in total. The van der Waals surface area contributed by atoms with E-state index in [4.69, 9.17) is 40.0 Å². The van der Waals surface area contributed by atoms with Crippen LogP contribution in [0.3, 0.4) is 0 Å². The number of benzene rings is 1. The number of nitrogens with one attached hydrogen (secondary N) is 2. The number of likely N-dealkylation sites (tertiary alicyclic amines) is 1. The zero-order valence-corrected chi connectivity index (χ0v) is 35.1. The van der Waals surface area contributed by atoms with E-state index in [0.29, 0.717) is 65.9 Å². The van der Waals surface area contributed by atoms with E-state index >= 15 is 0 Å². The minimum Gasteiger partial charge on any atom is -0.392 e. The fraction of sp³-hybridized carbons (Fsp3) is 0.700. The van der Waals surface area contributed by atoms with E-state index in [0.717, 1.165) is 59.9 Å². The van der Waals surface area contributed by atoms with Crippen LogP contribution < -0.4 is 10.6 Å². The molecule has 316 valence electrons. The highest BCUT2D eigenvalue weighted by atomic mass is 35.5. The molecule has 0 unspecified atom stereocenters. The Morgan fingerprint density at radius 1 is 0.857 bits per heavy atom. The Morgan fingerprint density at radius 2 is 1.41 bits per heavy atom. The minimum atomic E-state index is -0.999. The first-order valence-corrected chi connectivity index (χ1v) is 21.0. The lowest BCUT2D eigenvalue weighted by atomic mass is 9.86. The summed E-state index contributed by atoms with van der Waals surface area (Å²) < 4.78 is 33.0. The monoisotopic (exact) mass is 826 g/mol. The molecule has 1 aliphatic heterocycles. The van der Waals surface area contributed by atoms with E-state index in [1.165, 1.54) is 0 Å². The number of aromatic nitrogens is 1. The molecule has 2 heterocycles. The number of hydrogen-bond donors (Lipinski definition) is 3. The molecule has 0 radical (unpaired) electrons. The van der Waals surface area contributed by atoms with Crippen LogP contribution in [-0.4, -0.2) is 143 Å². The van der Waals surface area contributed by atoms with Crippen molar-refractivity contribution in [1.82, 2.24) is 20.5 Å². The fourth-order valence-corrected chi connectivity index (χ4v) is 6.97. The Balaban J connectivity index is 1.23. The molecule has 3 atom stereocenters. The van der Waals surface area contributed by atoms with E-state index in [1.54, 1.807) is 32.1 Å². The number of thiazole rings is 1. The normalized spacial score (nSPS) is 16.6. The summed E-state index contributed by atoms with van der Waals surface area (Å²) in [4.78, 5) is 46.8. The Labute approximate surface area is 341 Å². The number of carbonyl (C=O) groups excluding carboxylic acids is 3. The summed E-state index contributed by atoms with van der Waals surface area (Å²) in [6, 6.07) is 6.34. The molecular weight excluding hydrogens is 764 g/mol. The smallest absolute Gasteiger partial charge is 0.249 e. The van der Waals surface area contributed by atoms with Gasteiger partial charge < -0.3 is 38.8 Å². The Bertz CT molecular complexity index is 1410. The van der Waals surface area contributed by atoms with E-state index in [9.17, 15) is 19.5 Å². The second-order valence-electron chi connectivity index (χ2n) is 14.7. The number of halogens is 1. The van der Waals surface area contributed by atoms with Crippen LogP contribution in [0.25, 0.3) is 10.4 Å². The van der Waals surface area contributed by atoms with Gasteiger partial charge >= 0.3 is 0 Å². The van der Waals surface area contributed by atoms with Gasteiger partial charge in [0.05, 0.1) is 94.3 Å². The maximum Gasteiger partial charge on any atom is 0.249 e. The molecule has 56 heavy (non-hydrogen) atoms. The van der Waals surface area contributed by atoms with E-state index in [2.05, 4.69) is 15.6 Å². The van der Waals surface area contributed by atoms with Gasteiger partial charge in [-0.1, -0.05) is 57.9 Å². The van der Waals surface area contributed by atoms with Crippen LogP contribution in [-0.2, 0) is 49.3 Å². The number of amides is 3. The summed E-state index contributed by atoms with van der Waals surface area (Å²) in [5.74, 6) is -0.905. The van der Waals surface area contributed by atoms with Crippen molar-refractivity contribution in [3.8, 4) is 10.4 Å². The van der Waals surface area contributed by atoms with Crippen LogP contribution in [0.1, 0.15) is 64.1 Å². The van der Waals surface area contributed by atoms with E-state index in [1.807, 2.05) is 41.6 Å². The summed E-state index contributed by atoms with van der Waals surface area (Å²) in [5, 5.41) is 15.6. The van der Waals surface area contributed by atoms with Gasteiger partial charge in [-0.2, -0.15) is 0 Å². The third-order valence-corrected chi connectivity index (χ3v) is 10.2. The SMILES string of the molecule is Cc1ncsc1-c1ccc(CN2C[C@H](O)C[C@H]2C(=O)NC(=O)[C@@H](NC(=O)COCCOCCOCCOCCOCCOCCCCCCCl)C(C)(C)C)cc1. The molecule has 1 aromatic carbocycles. The molecule has 1 aliphatic rings. The van der Waals surface area contributed by atoms with Gasteiger partial charge in [-0.25, -0.2) is 4.98 Å². The van der Waals surface area contributed by atoms with Gasteiger partial charge in [0.15, 0.2) is 0 Å².